The van der Waals surface area contributed by atoms with Crippen molar-refractivity contribution in [1.82, 2.24) is 0 Å². The maximum absolute atomic E-state index is 10.0. The van der Waals surface area contributed by atoms with E-state index >= 15 is 0 Å². The molecule has 0 aromatic heterocycles. The smallest absolute Gasteiger partial charge is 0.0993 e. The highest BCUT2D eigenvalue weighted by Gasteiger charge is 2.41. The van der Waals surface area contributed by atoms with E-state index in [9.17, 15) is 10.2 Å². The van der Waals surface area contributed by atoms with Crippen LogP contribution in [0.15, 0.2) is 0 Å². The first-order valence-electron chi connectivity index (χ1n) is 5.92. The second-order valence-electron chi connectivity index (χ2n) is 4.83. The number of rotatable bonds is 5. The molecule has 1 aliphatic carbocycles. The molecule has 0 heterocycles. The van der Waals surface area contributed by atoms with Crippen LogP contribution in [0.4, 0.5) is 0 Å². The third kappa shape index (κ3) is 2.91. The summed E-state index contributed by atoms with van der Waals surface area (Å²) in [5.41, 5.74) is 11.2. The van der Waals surface area contributed by atoms with Gasteiger partial charge in [0.05, 0.1) is 12.2 Å². The minimum absolute atomic E-state index is 0.369. The Morgan fingerprint density at radius 1 is 1.27 bits per heavy atom. The molecule has 1 rings (SSSR count). The highest BCUT2D eigenvalue weighted by Crippen LogP contribution is 2.32. The standard InChI is InChI=1S/C11H24N2O2/c1-2-5-8(12)9(14)10(15)11(13)6-3-4-7-11/h8-10,14-15H,2-7,12-13H2,1H3. The highest BCUT2D eigenvalue weighted by molar-refractivity contribution is 5.00. The summed E-state index contributed by atoms with van der Waals surface area (Å²) in [6.07, 6.45) is 3.46. The average Bonchev–Trinajstić information content (AvgIpc) is 2.64. The summed E-state index contributed by atoms with van der Waals surface area (Å²) in [5.74, 6) is 0. The highest BCUT2D eigenvalue weighted by atomic mass is 16.3. The molecule has 0 radical (unpaired) electrons. The van der Waals surface area contributed by atoms with Crippen LogP contribution >= 0.6 is 0 Å². The molecule has 0 aromatic rings. The molecule has 90 valence electrons. The van der Waals surface area contributed by atoms with Crippen LogP contribution in [-0.4, -0.2) is 34.0 Å². The normalized spacial score (nSPS) is 26.2. The van der Waals surface area contributed by atoms with Crippen LogP contribution in [0.25, 0.3) is 0 Å². The topological polar surface area (TPSA) is 92.5 Å². The quantitative estimate of drug-likeness (QED) is 0.525. The van der Waals surface area contributed by atoms with Crippen LogP contribution in [0.2, 0.25) is 0 Å². The maximum atomic E-state index is 10.0. The van der Waals surface area contributed by atoms with E-state index in [1.807, 2.05) is 6.92 Å². The van der Waals surface area contributed by atoms with Crippen LogP contribution in [0.3, 0.4) is 0 Å². The largest absolute Gasteiger partial charge is 0.389 e. The lowest BCUT2D eigenvalue weighted by Crippen LogP contribution is -2.58. The molecule has 0 amide bonds. The lowest BCUT2D eigenvalue weighted by Gasteiger charge is -2.35. The van der Waals surface area contributed by atoms with Crippen molar-refractivity contribution in [2.45, 2.75) is 69.2 Å². The minimum Gasteiger partial charge on any atom is -0.389 e. The van der Waals surface area contributed by atoms with Gasteiger partial charge in [0.15, 0.2) is 0 Å². The SMILES string of the molecule is CCCC(N)C(O)C(O)C1(N)CCCC1. The van der Waals surface area contributed by atoms with E-state index in [4.69, 9.17) is 11.5 Å². The van der Waals surface area contributed by atoms with Gasteiger partial charge in [-0.3, -0.25) is 0 Å². The van der Waals surface area contributed by atoms with Gasteiger partial charge in [-0.05, 0) is 19.3 Å². The molecule has 0 aliphatic heterocycles. The van der Waals surface area contributed by atoms with Gasteiger partial charge in [0.1, 0.15) is 0 Å². The molecule has 4 nitrogen and oxygen atoms in total. The van der Waals surface area contributed by atoms with Gasteiger partial charge in [-0.2, -0.15) is 0 Å². The Hall–Kier alpha value is -0.160. The first-order valence-corrected chi connectivity index (χ1v) is 5.92. The van der Waals surface area contributed by atoms with Crippen molar-refractivity contribution in [2.75, 3.05) is 0 Å². The van der Waals surface area contributed by atoms with E-state index in [2.05, 4.69) is 0 Å². The van der Waals surface area contributed by atoms with Crippen molar-refractivity contribution in [3.8, 4) is 0 Å². The number of aliphatic hydroxyl groups is 2. The van der Waals surface area contributed by atoms with Crippen molar-refractivity contribution < 1.29 is 10.2 Å². The summed E-state index contributed by atoms with van der Waals surface area (Å²) in [4.78, 5) is 0. The fraction of sp³-hybridized carbons (Fsp3) is 1.00. The van der Waals surface area contributed by atoms with Crippen LogP contribution in [0.5, 0.6) is 0 Å². The van der Waals surface area contributed by atoms with Gasteiger partial charge < -0.3 is 21.7 Å². The zero-order valence-corrected chi connectivity index (χ0v) is 9.52. The summed E-state index contributed by atoms with van der Waals surface area (Å²) >= 11 is 0. The van der Waals surface area contributed by atoms with Gasteiger partial charge in [0.25, 0.3) is 0 Å². The summed E-state index contributed by atoms with van der Waals surface area (Å²) in [6.45, 7) is 2.01. The molecule has 3 atom stereocenters. The fourth-order valence-corrected chi connectivity index (χ4v) is 2.41. The van der Waals surface area contributed by atoms with Crippen molar-refractivity contribution in [1.29, 1.82) is 0 Å². The van der Waals surface area contributed by atoms with E-state index < -0.39 is 17.7 Å². The lowest BCUT2D eigenvalue weighted by atomic mass is 9.85. The molecule has 3 unspecified atom stereocenters. The van der Waals surface area contributed by atoms with Crippen molar-refractivity contribution in [2.24, 2.45) is 11.5 Å². The Morgan fingerprint density at radius 3 is 2.27 bits per heavy atom. The lowest BCUT2D eigenvalue weighted by molar-refractivity contribution is -0.0402. The van der Waals surface area contributed by atoms with Gasteiger partial charge in [-0.1, -0.05) is 26.2 Å². The molecule has 1 saturated carbocycles. The second-order valence-corrected chi connectivity index (χ2v) is 4.83. The third-order valence-corrected chi connectivity index (χ3v) is 3.51. The Morgan fingerprint density at radius 2 is 1.80 bits per heavy atom. The summed E-state index contributed by atoms with van der Waals surface area (Å²) < 4.78 is 0. The molecule has 1 fully saturated rings. The van der Waals surface area contributed by atoms with Gasteiger partial charge in [-0.25, -0.2) is 0 Å². The summed E-state index contributed by atoms with van der Waals surface area (Å²) in [7, 11) is 0. The molecule has 0 aromatic carbocycles. The van der Waals surface area contributed by atoms with Crippen molar-refractivity contribution in [3.63, 3.8) is 0 Å². The predicted molar refractivity (Wildman–Crippen MR) is 60.3 cm³/mol. The molecule has 0 spiro atoms. The van der Waals surface area contributed by atoms with Crippen molar-refractivity contribution >= 4 is 0 Å². The van der Waals surface area contributed by atoms with Crippen LogP contribution in [0.1, 0.15) is 45.4 Å². The van der Waals surface area contributed by atoms with E-state index in [1.54, 1.807) is 0 Å². The third-order valence-electron chi connectivity index (χ3n) is 3.51. The Balaban J connectivity index is 2.54. The number of hydrogen-bond donors (Lipinski definition) is 4. The van der Waals surface area contributed by atoms with Crippen LogP contribution in [-0.2, 0) is 0 Å². The Labute approximate surface area is 91.7 Å². The Kier molecular flexibility index (Phi) is 4.52. The zero-order chi connectivity index (χ0) is 11.5. The molecule has 4 heteroatoms. The predicted octanol–water partition coefficient (Wildman–Crippen LogP) is 0.107. The molecule has 0 bridgehead atoms. The molecule has 0 saturated heterocycles. The minimum atomic E-state index is -0.895. The summed E-state index contributed by atoms with van der Waals surface area (Å²) in [5, 5.41) is 19.9. The molecule has 6 N–H and O–H groups in total. The first-order chi connectivity index (χ1) is 7.01. The van der Waals surface area contributed by atoms with Crippen LogP contribution in [0, 0.1) is 0 Å². The second kappa shape index (κ2) is 5.25. The summed E-state index contributed by atoms with van der Waals surface area (Å²) in [6, 6.07) is -0.369. The molecular weight excluding hydrogens is 192 g/mol. The number of aliphatic hydroxyl groups excluding tert-OH is 2. The number of hydrogen-bond acceptors (Lipinski definition) is 4. The van der Waals surface area contributed by atoms with E-state index in [0.717, 1.165) is 32.1 Å². The average molecular weight is 216 g/mol. The van der Waals surface area contributed by atoms with E-state index in [0.29, 0.717) is 6.42 Å². The van der Waals surface area contributed by atoms with Gasteiger partial charge in [0, 0.05) is 11.6 Å². The van der Waals surface area contributed by atoms with Gasteiger partial charge in [-0.15, -0.1) is 0 Å². The van der Waals surface area contributed by atoms with Gasteiger partial charge >= 0.3 is 0 Å². The maximum Gasteiger partial charge on any atom is 0.0993 e. The van der Waals surface area contributed by atoms with E-state index in [-0.39, 0.29) is 6.04 Å². The fourth-order valence-electron chi connectivity index (χ4n) is 2.41. The molecular formula is C11H24N2O2. The van der Waals surface area contributed by atoms with Gasteiger partial charge in [0.2, 0.25) is 0 Å². The van der Waals surface area contributed by atoms with Crippen LogP contribution < -0.4 is 11.5 Å². The number of nitrogens with two attached hydrogens (primary N) is 2. The molecule has 1 aliphatic rings. The zero-order valence-electron chi connectivity index (χ0n) is 9.52. The monoisotopic (exact) mass is 216 g/mol. The first kappa shape index (κ1) is 12.9. The van der Waals surface area contributed by atoms with E-state index in [1.165, 1.54) is 0 Å². The van der Waals surface area contributed by atoms with Crippen molar-refractivity contribution in [3.05, 3.63) is 0 Å². The Bertz CT molecular complexity index is 193. The molecule has 15 heavy (non-hydrogen) atoms.